The lowest BCUT2D eigenvalue weighted by Crippen LogP contribution is -2.21. The molecule has 2 aromatic rings. The molecule has 0 radical (unpaired) electrons. The first-order chi connectivity index (χ1) is 10.2. The normalized spacial score (nSPS) is 14.8. The van der Waals surface area contributed by atoms with Crippen molar-refractivity contribution in [2.75, 3.05) is 13.2 Å². The zero-order valence-electron chi connectivity index (χ0n) is 11.9. The molecular weight excluding hydrogens is 330 g/mol. The molecule has 1 aliphatic heterocycles. The molecule has 110 valence electrons. The van der Waals surface area contributed by atoms with Gasteiger partial charge in [-0.1, -0.05) is 40.2 Å². The lowest BCUT2D eigenvalue weighted by atomic mass is 10.1. The summed E-state index contributed by atoms with van der Waals surface area (Å²) in [6.07, 6.45) is 0. The molecule has 0 spiro atoms. The number of halogens is 1. The van der Waals surface area contributed by atoms with Crippen molar-refractivity contribution in [2.24, 2.45) is 0 Å². The van der Waals surface area contributed by atoms with E-state index < -0.39 is 0 Å². The Balaban J connectivity index is 1.69. The summed E-state index contributed by atoms with van der Waals surface area (Å²) in [5, 5.41) is 3.53. The predicted octanol–water partition coefficient (Wildman–Crippen LogP) is 4.07. The standard InChI is InChI=1S/C17H18BrNO2/c1-12(13-5-7-15(18)8-6-13)19-11-14-3-2-4-16-17(14)21-10-9-20-16/h2-8,12,19H,9-11H2,1H3. The van der Waals surface area contributed by atoms with E-state index in [1.54, 1.807) is 0 Å². The lowest BCUT2D eigenvalue weighted by Gasteiger charge is -2.22. The maximum atomic E-state index is 5.74. The van der Waals surface area contributed by atoms with Gasteiger partial charge in [0.15, 0.2) is 11.5 Å². The molecule has 2 aromatic carbocycles. The van der Waals surface area contributed by atoms with Crippen LogP contribution in [0.3, 0.4) is 0 Å². The van der Waals surface area contributed by atoms with E-state index in [9.17, 15) is 0 Å². The number of hydrogen-bond donors (Lipinski definition) is 1. The van der Waals surface area contributed by atoms with Crippen LogP contribution in [0.15, 0.2) is 46.9 Å². The second-order valence-electron chi connectivity index (χ2n) is 5.10. The van der Waals surface area contributed by atoms with Crippen molar-refractivity contribution in [1.29, 1.82) is 0 Å². The van der Waals surface area contributed by atoms with Gasteiger partial charge in [0.25, 0.3) is 0 Å². The summed E-state index contributed by atoms with van der Waals surface area (Å²) in [7, 11) is 0. The molecule has 1 atom stereocenters. The summed E-state index contributed by atoms with van der Waals surface area (Å²) < 4.78 is 12.4. The van der Waals surface area contributed by atoms with Gasteiger partial charge >= 0.3 is 0 Å². The molecule has 3 rings (SSSR count). The zero-order valence-corrected chi connectivity index (χ0v) is 13.5. The summed E-state index contributed by atoms with van der Waals surface area (Å²) in [5.41, 5.74) is 2.40. The Hall–Kier alpha value is -1.52. The summed E-state index contributed by atoms with van der Waals surface area (Å²) >= 11 is 3.46. The quantitative estimate of drug-likeness (QED) is 0.904. The van der Waals surface area contributed by atoms with Crippen molar-refractivity contribution >= 4 is 15.9 Å². The minimum Gasteiger partial charge on any atom is -0.486 e. The van der Waals surface area contributed by atoms with Crippen LogP contribution in [-0.2, 0) is 6.54 Å². The SMILES string of the molecule is CC(NCc1cccc2c1OCCO2)c1ccc(Br)cc1. The molecule has 21 heavy (non-hydrogen) atoms. The molecule has 0 amide bonds. The number of ether oxygens (including phenoxy) is 2. The molecule has 1 heterocycles. The summed E-state index contributed by atoms with van der Waals surface area (Å²) in [6.45, 7) is 4.16. The fraction of sp³-hybridized carbons (Fsp3) is 0.294. The third kappa shape index (κ3) is 3.39. The van der Waals surface area contributed by atoms with E-state index >= 15 is 0 Å². The predicted molar refractivity (Wildman–Crippen MR) is 86.8 cm³/mol. The van der Waals surface area contributed by atoms with Gasteiger partial charge in [-0.3, -0.25) is 0 Å². The van der Waals surface area contributed by atoms with Gasteiger partial charge in [0, 0.05) is 22.6 Å². The van der Waals surface area contributed by atoms with Gasteiger partial charge < -0.3 is 14.8 Å². The van der Waals surface area contributed by atoms with Crippen LogP contribution in [-0.4, -0.2) is 13.2 Å². The Bertz CT molecular complexity index is 613. The van der Waals surface area contributed by atoms with Gasteiger partial charge in [-0.15, -0.1) is 0 Å². The van der Waals surface area contributed by atoms with E-state index in [2.05, 4.69) is 58.5 Å². The van der Waals surface area contributed by atoms with Crippen LogP contribution < -0.4 is 14.8 Å². The molecule has 0 saturated carbocycles. The summed E-state index contributed by atoms with van der Waals surface area (Å²) in [4.78, 5) is 0. The molecule has 1 unspecified atom stereocenters. The molecule has 0 fully saturated rings. The van der Waals surface area contributed by atoms with Gasteiger partial charge in [-0.05, 0) is 30.7 Å². The van der Waals surface area contributed by atoms with Crippen molar-refractivity contribution in [3.8, 4) is 11.5 Å². The second-order valence-corrected chi connectivity index (χ2v) is 6.01. The fourth-order valence-electron chi connectivity index (χ4n) is 2.41. The Morgan fingerprint density at radius 1 is 1.10 bits per heavy atom. The molecule has 1 aliphatic rings. The Morgan fingerprint density at radius 3 is 2.67 bits per heavy atom. The molecule has 3 nitrogen and oxygen atoms in total. The number of hydrogen-bond acceptors (Lipinski definition) is 3. The first kappa shape index (κ1) is 14.4. The van der Waals surface area contributed by atoms with Crippen molar-refractivity contribution < 1.29 is 9.47 Å². The molecule has 0 saturated heterocycles. The highest BCUT2D eigenvalue weighted by Gasteiger charge is 2.15. The van der Waals surface area contributed by atoms with Gasteiger partial charge in [0.1, 0.15) is 13.2 Å². The van der Waals surface area contributed by atoms with Crippen molar-refractivity contribution in [3.63, 3.8) is 0 Å². The average Bonchev–Trinajstić information content (AvgIpc) is 2.53. The van der Waals surface area contributed by atoms with E-state index in [-0.39, 0.29) is 6.04 Å². The van der Waals surface area contributed by atoms with Crippen LogP contribution in [0.25, 0.3) is 0 Å². The Kier molecular flexibility index (Phi) is 4.46. The first-order valence-electron chi connectivity index (χ1n) is 7.10. The molecular formula is C17H18BrNO2. The van der Waals surface area contributed by atoms with E-state index in [0.717, 1.165) is 28.1 Å². The number of fused-ring (bicyclic) bond motifs is 1. The molecule has 0 bridgehead atoms. The van der Waals surface area contributed by atoms with E-state index in [1.165, 1.54) is 5.56 Å². The molecule has 0 aliphatic carbocycles. The molecule has 1 N–H and O–H groups in total. The van der Waals surface area contributed by atoms with E-state index in [4.69, 9.17) is 9.47 Å². The average molecular weight is 348 g/mol. The first-order valence-corrected chi connectivity index (χ1v) is 7.89. The molecule has 0 aromatic heterocycles. The second kappa shape index (κ2) is 6.50. The third-order valence-electron chi connectivity index (χ3n) is 3.62. The maximum absolute atomic E-state index is 5.74. The lowest BCUT2D eigenvalue weighted by molar-refractivity contribution is 0.169. The number of nitrogens with one attached hydrogen (secondary N) is 1. The van der Waals surface area contributed by atoms with Crippen LogP contribution in [0.2, 0.25) is 0 Å². The minimum absolute atomic E-state index is 0.276. The van der Waals surface area contributed by atoms with Gasteiger partial charge in [-0.2, -0.15) is 0 Å². The van der Waals surface area contributed by atoms with Crippen LogP contribution in [0, 0.1) is 0 Å². The minimum atomic E-state index is 0.276. The van der Waals surface area contributed by atoms with Crippen LogP contribution in [0.1, 0.15) is 24.1 Å². The Labute approximate surface area is 133 Å². The fourth-order valence-corrected chi connectivity index (χ4v) is 2.67. The number of para-hydroxylation sites is 1. The van der Waals surface area contributed by atoms with Crippen molar-refractivity contribution in [2.45, 2.75) is 19.5 Å². The summed E-state index contributed by atoms with van der Waals surface area (Å²) in [6, 6.07) is 14.7. The monoisotopic (exact) mass is 347 g/mol. The van der Waals surface area contributed by atoms with Gasteiger partial charge in [-0.25, -0.2) is 0 Å². The highest BCUT2D eigenvalue weighted by atomic mass is 79.9. The van der Waals surface area contributed by atoms with Crippen LogP contribution in [0.4, 0.5) is 0 Å². The van der Waals surface area contributed by atoms with E-state index in [0.29, 0.717) is 13.2 Å². The topological polar surface area (TPSA) is 30.5 Å². The smallest absolute Gasteiger partial charge is 0.165 e. The maximum Gasteiger partial charge on any atom is 0.165 e. The summed E-state index contributed by atoms with van der Waals surface area (Å²) in [5.74, 6) is 1.72. The third-order valence-corrected chi connectivity index (χ3v) is 4.15. The largest absolute Gasteiger partial charge is 0.486 e. The van der Waals surface area contributed by atoms with Crippen molar-refractivity contribution in [1.82, 2.24) is 5.32 Å². The van der Waals surface area contributed by atoms with Gasteiger partial charge in [0.2, 0.25) is 0 Å². The highest BCUT2D eigenvalue weighted by Crippen LogP contribution is 2.33. The van der Waals surface area contributed by atoms with E-state index in [1.807, 2.05) is 12.1 Å². The van der Waals surface area contributed by atoms with Crippen molar-refractivity contribution in [3.05, 3.63) is 58.1 Å². The Morgan fingerprint density at radius 2 is 1.86 bits per heavy atom. The van der Waals surface area contributed by atoms with Gasteiger partial charge in [0.05, 0.1) is 0 Å². The zero-order chi connectivity index (χ0) is 14.7. The number of rotatable bonds is 4. The van der Waals surface area contributed by atoms with Crippen LogP contribution >= 0.6 is 15.9 Å². The van der Waals surface area contributed by atoms with Crippen LogP contribution in [0.5, 0.6) is 11.5 Å². The highest BCUT2D eigenvalue weighted by molar-refractivity contribution is 9.10. The number of benzene rings is 2. The molecule has 4 heteroatoms.